The van der Waals surface area contributed by atoms with Crippen molar-refractivity contribution in [3.8, 4) is 11.5 Å². The van der Waals surface area contributed by atoms with Crippen LogP contribution in [0.1, 0.15) is 5.56 Å². The van der Waals surface area contributed by atoms with Gasteiger partial charge in [-0.3, -0.25) is 0 Å². The number of methoxy groups -OCH3 is 1. The summed E-state index contributed by atoms with van der Waals surface area (Å²) in [7, 11) is 1.64. The van der Waals surface area contributed by atoms with Crippen molar-refractivity contribution in [3.05, 3.63) is 77.3 Å². The van der Waals surface area contributed by atoms with Gasteiger partial charge in [-0.1, -0.05) is 29.8 Å². The van der Waals surface area contributed by atoms with E-state index in [1.807, 2.05) is 36.4 Å². The van der Waals surface area contributed by atoms with Gasteiger partial charge in [0.2, 0.25) is 0 Å². The molecule has 138 valence electrons. The highest BCUT2D eigenvalue weighted by molar-refractivity contribution is 6.30. The van der Waals surface area contributed by atoms with Gasteiger partial charge in [0.05, 0.1) is 7.11 Å². The number of carbonyl (C=O) groups is 1. The molecule has 0 unspecified atom stereocenters. The third-order valence-electron chi connectivity index (χ3n) is 3.89. The van der Waals surface area contributed by atoms with E-state index in [9.17, 15) is 4.79 Å². The number of hydrogen-bond acceptors (Lipinski definition) is 4. The normalized spacial score (nSPS) is 10.9. The fraction of sp³-hybridized carbons (Fsp3) is 0.136. The summed E-state index contributed by atoms with van der Waals surface area (Å²) in [6, 6.07) is 18.8. The number of fused-ring (bicyclic) bond motifs is 1. The Morgan fingerprint density at radius 2 is 1.63 bits per heavy atom. The molecule has 3 aromatic rings. The largest absolute Gasteiger partial charge is 0.497 e. The van der Waals surface area contributed by atoms with Gasteiger partial charge in [-0.25, -0.2) is 4.79 Å². The number of ether oxygens (including phenoxy) is 3. The minimum Gasteiger partial charge on any atom is -0.497 e. The monoisotopic (exact) mass is 382 g/mol. The van der Waals surface area contributed by atoms with Gasteiger partial charge in [0.1, 0.15) is 24.7 Å². The van der Waals surface area contributed by atoms with Crippen molar-refractivity contribution in [2.75, 3.05) is 20.3 Å². The molecule has 0 amide bonds. The van der Waals surface area contributed by atoms with E-state index in [2.05, 4.69) is 0 Å². The number of halogens is 1. The van der Waals surface area contributed by atoms with E-state index in [4.69, 9.17) is 25.8 Å². The van der Waals surface area contributed by atoms with Crippen LogP contribution in [-0.4, -0.2) is 26.3 Å². The van der Waals surface area contributed by atoms with Gasteiger partial charge in [0, 0.05) is 11.1 Å². The van der Waals surface area contributed by atoms with E-state index in [1.165, 1.54) is 6.08 Å². The smallest absolute Gasteiger partial charge is 0.330 e. The Labute approximate surface area is 162 Å². The molecule has 0 aliphatic heterocycles. The van der Waals surface area contributed by atoms with E-state index in [-0.39, 0.29) is 13.2 Å². The molecule has 0 spiro atoms. The Balaban J connectivity index is 1.49. The minimum atomic E-state index is -0.412. The van der Waals surface area contributed by atoms with Crippen molar-refractivity contribution in [2.24, 2.45) is 0 Å². The van der Waals surface area contributed by atoms with E-state index in [0.29, 0.717) is 10.8 Å². The summed E-state index contributed by atoms with van der Waals surface area (Å²) in [5, 5.41) is 2.79. The Bertz CT molecular complexity index is 948. The fourth-order valence-corrected chi connectivity index (χ4v) is 2.64. The molecule has 4 nitrogen and oxygen atoms in total. The van der Waals surface area contributed by atoms with Crippen LogP contribution in [0.15, 0.2) is 66.7 Å². The first-order valence-electron chi connectivity index (χ1n) is 8.45. The average Bonchev–Trinajstić information content (AvgIpc) is 2.70. The van der Waals surface area contributed by atoms with Gasteiger partial charge in [-0.15, -0.1) is 0 Å². The molecule has 0 saturated heterocycles. The summed E-state index contributed by atoms with van der Waals surface area (Å²) < 4.78 is 15.8. The lowest BCUT2D eigenvalue weighted by Gasteiger charge is -2.06. The predicted octanol–water partition coefficient (Wildman–Crippen LogP) is 5.14. The van der Waals surface area contributed by atoms with Crippen molar-refractivity contribution in [3.63, 3.8) is 0 Å². The van der Waals surface area contributed by atoms with E-state index < -0.39 is 5.97 Å². The van der Waals surface area contributed by atoms with Crippen LogP contribution in [0.4, 0.5) is 0 Å². The van der Waals surface area contributed by atoms with Crippen LogP contribution in [0.5, 0.6) is 11.5 Å². The van der Waals surface area contributed by atoms with Crippen LogP contribution >= 0.6 is 11.6 Å². The van der Waals surface area contributed by atoms with Gasteiger partial charge in [0.25, 0.3) is 0 Å². The summed E-state index contributed by atoms with van der Waals surface area (Å²) in [6.07, 6.45) is 3.14. The summed E-state index contributed by atoms with van der Waals surface area (Å²) in [4.78, 5) is 11.8. The molecular formula is C22H19ClO4. The highest BCUT2D eigenvalue weighted by Gasteiger charge is 2.00. The summed E-state index contributed by atoms with van der Waals surface area (Å²) in [5.74, 6) is 1.08. The first-order chi connectivity index (χ1) is 13.1. The molecule has 0 bridgehead atoms. The lowest BCUT2D eigenvalue weighted by atomic mass is 10.1. The molecule has 0 aliphatic carbocycles. The Morgan fingerprint density at radius 1 is 0.926 bits per heavy atom. The second-order valence-electron chi connectivity index (χ2n) is 5.78. The van der Waals surface area contributed by atoms with Gasteiger partial charge >= 0.3 is 5.97 Å². The first kappa shape index (κ1) is 18.8. The average molecular weight is 383 g/mol. The maximum atomic E-state index is 11.8. The molecule has 3 aromatic carbocycles. The molecule has 0 atom stereocenters. The van der Waals surface area contributed by atoms with Gasteiger partial charge < -0.3 is 14.2 Å². The number of benzene rings is 3. The summed E-state index contributed by atoms with van der Waals surface area (Å²) in [6.45, 7) is 0.447. The molecule has 0 radical (unpaired) electrons. The van der Waals surface area contributed by atoms with Crippen LogP contribution in [-0.2, 0) is 9.53 Å². The molecule has 0 N–H and O–H groups in total. The van der Waals surface area contributed by atoms with Crippen LogP contribution in [0.3, 0.4) is 0 Å². The number of carbonyl (C=O) groups excluding carboxylic acids is 1. The molecule has 27 heavy (non-hydrogen) atoms. The lowest BCUT2D eigenvalue weighted by molar-refractivity contribution is -0.138. The fourth-order valence-electron chi connectivity index (χ4n) is 2.52. The molecule has 0 heterocycles. The highest BCUT2D eigenvalue weighted by atomic mass is 35.5. The SMILES string of the molecule is COc1ccc2cc(/C=C/C(=O)OCCOc3ccc(Cl)cc3)ccc2c1. The zero-order valence-corrected chi connectivity index (χ0v) is 15.6. The van der Waals surface area contributed by atoms with E-state index in [0.717, 1.165) is 22.1 Å². The summed E-state index contributed by atoms with van der Waals surface area (Å²) >= 11 is 5.81. The maximum absolute atomic E-state index is 11.8. The molecule has 0 saturated carbocycles. The standard InChI is InChI=1S/C22H19ClO4/c1-25-21-8-5-17-14-16(2-4-18(17)15-21)3-11-22(24)27-13-12-26-20-9-6-19(23)7-10-20/h2-11,14-15H,12-13H2,1H3/b11-3+. The van der Waals surface area contributed by atoms with Crippen molar-refractivity contribution < 1.29 is 19.0 Å². The molecule has 0 fully saturated rings. The Hall–Kier alpha value is -2.98. The topological polar surface area (TPSA) is 44.8 Å². The van der Waals surface area contributed by atoms with Crippen LogP contribution < -0.4 is 9.47 Å². The highest BCUT2D eigenvalue weighted by Crippen LogP contribution is 2.22. The van der Waals surface area contributed by atoms with Crippen molar-refractivity contribution >= 4 is 34.4 Å². The number of hydrogen-bond donors (Lipinski definition) is 0. The van der Waals surface area contributed by atoms with Crippen molar-refractivity contribution in [1.29, 1.82) is 0 Å². The van der Waals surface area contributed by atoms with Crippen molar-refractivity contribution in [1.82, 2.24) is 0 Å². The molecule has 0 aliphatic rings. The van der Waals surface area contributed by atoms with E-state index >= 15 is 0 Å². The maximum Gasteiger partial charge on any atom is 0.330 e. The van der Waals surface area contributed by atoms with Crippen LogP contribution in [0.25, 0.3) is 16.8 Å². The van der Waals surface area contributed by atoms with E-state index in [1.54, 1.807) is 37.5 Å². The molecule has 3 rings (SSSR count). The van der Waals surface area contributed by atoms with Crippen molar-refractivity contribution in [2.45, 2.75) is 0 Å². The number of rotatable bonds is 7. The zero-order valence-electron chi connectivity index (χ0n) is 14.9. The van der Waals surface area contributed by atoms with Crippen LogP contribution in [0.2, 0.25) is 5.02 Å². The van der Waals surface area contributed by atoms with Gasteiger partial charge in [-0.2, -0.15) is 0 Å². The second-order valence-corrected chi connectivity index (χ2v) is 6.21. The second kappa shape index (κ2) is 9.10. The molecular weight excluding hydrogens is 364 g/mol. The zero-order chi connectivity index (χ0) is 19.1. The Morgan fingerprint density at radius 3 is 2.41 bits per heavy atom. The first-order valence-corrected chi connectivity index (χ1v) is 8.83. The third-order valence-corrected chi connectivity index (χ3v) is 4.15. The lowest BCUT2D eigenvalue weighted by Crippen LogP contribution is -2.10. The molecule has 0 aromatic heterocycles. The summed E-state index contributed by atoms with van der Waals surface area (Å²) in [5.41, 5.74) is 0.919. The number of esters is 1. The third kappa shape index (κ3) is 5.50. The van der Waals surface area contributed by atoms with Crippen LogP contribution in [0, 0.1) is 0 Å². The predicted molar refractivity (Wildman–Crippen MR) is 107 cm³/mol. The Kier molecular flexibility index (Phi) is 6.34. The van der Waals surface area contributed by atoms with Gasteiger partial charge in [0.15, 0.2) is 0 Å². The minimum absolute atomic E-state index is 0.170. The molecule has 5 heteroatoms. The quantitative estimate of drug-likeness (QED) is 0.322. The van der Waals surface area contributed by atoms with Gasteiger partial charge in [-0.05, 0) is 64.9 Å².